The molecule has 1 saturated heterocycles. The zero-order valence-electron chi connectivity index (χ0n) is 16.5. The molecule has 3 nitrogen and oxygen atoms in total. The van der Waals surface area contributed by atoms with Crippen molar-refractivity contribution in [2.45, 2.75) is 29.4 Å². The molecule has 0 amide bonds. The molecule has 0 saturated carbocycles. The van der Waals surface area contributed by atoms with Gasteiger partial charge < -0.3 is 14.4 Å². The number of fused-ring (bicyclic) bond motifs is 1. The number of rotatable bonds is 3. The number of likely N-dealkylation sites (tertiary alicyclic amines) is 1. The molecule has 4 heteroatoms. The molecule has 0 spiro atoms. The van der Waals surface area contributed by atoms with Gasteiger partial charge in [-0.3, -0.25) is 0 Å². The molecular weight excluding hydrogens is 354 g/mol. The van der Waals surface area contributed by atoms with E-state index in [9.17, 15) is 0 Å². The second kappa shape index (κ2) is 7.25. The predicted octanol–water partition coefficient (Wildman–Crippen LogP) is 5.20. The Balaban J connectivity index is 1.87. The molecule has 1 fully saturated rings. The van der Waals surface area contributed by atoms with Crippen molar-refractivity contribution in [2.75, 3.05) is 34.4 Å². The van der Waals surface area contributed by atoms with Crippen LogP contribution in [0.25, 0.3) is 5.57 Å². The summed E-state index contributed by atoms with van der Waals surface area (Å²) >= 11 is 1.96. The highest BCUT2D eigenvalue weighted by Crippen LogP contribution is 2.60. The summed E-state index contributed by atoms with van der Waals surface area (Å²) in [6, 6.07) is 15.2. The molecule has 0 N–H and O–H groups in total. The van der Waals surface area contributed by atoms with Crippen LogP contribution in [0.1, 0.15) is 30.9 Å². The van der Waals surface area contributed by atoms with Gasteiger partial charge in [-0.25, -0.2) is 0 Å². The zero-order chi connectivity index (χ0) is 19.0. The number of methoxy groups -OCH3 is 2. The summed E-state index contributed by atoms with van der Waals surface area (Å²) in [6.07, 6.45) is 2.28. The maximum absolute atomic E-state index is 5.60. The third-order valence-electron chi connectivity index (χ3n) is 5.83. The summed E-state index contributed by atoms with van der Waals surface area (Å²) in [5.74, 6) is 1.57. The third kappa shape index (κ3) is 3.15. The lowest BCUT2D eigenvalue weighted by molar-refractivity contribution is 0.312. The summed E-state index contributed by atoms with van der Waals surface area (Å²) in [4.78, 5) is 3.79. The summed E-state index contributed by atoms with van der Waals surface area (Å²) < 4.78 is 10.9. The zero-order valence-corrected chi connectivity index (χ0v) is 17.4. The van der Waals surface area contributed by atoms with Crippen molar-refractivity contribution in [1.29, 1.82) is 0 Å². The minimum absolute atomic E-state index is 0.117. The van der Waals surface area contributed by atoms with E-state index in [1.54, 1.807) is 19.8 Å². The van der Waals surface area contributed by atoms with Crippen molar-refractivity contribution in [3.8, 4) is 11.5 Å². The number of hydrogen-bond acceptors (Lipinski definition) is 4. The molecule has 1 atom stereocenters. The Bertz CT molecular complexity index is 882. The molecule has 2 heterocycles. The van der Waals surface area contributed by atoms with E-state index in [0.29, 0.717) is 0 Å². The first-order valence-corrected chi connectivity index (χ1v) is 10.3. The van der Waals surface area contributed by atoms with Crippen LogP contribution in [0, 0.1) is 0 Å². The van der Waals surface area contributed by atoms with Crippen LogP contribution in [0.15, 0.2) is 52.9 Å². The second-order valence-electron chi connectivity index (χ2n) is 7.48. The average Bonchev–Trinajstić information content (AvgIpc) is 3.01. The topological polar surface area (TPSA) is 21.7 Å². The average molecular weight is 382 g/mol. The SMILES string of the molecule is COc1ccc(C2(C)Sc3ccccc3C2=C2CCN(C)CC2)cc1OC. The lowest BCUT2D eigenvalue weighted by Crippen LogP contribution is -2.28. The normalized spacial score (nSPS) is 22.7. The van der Waals surface area contributed by atoms with Crippen molar-refractivity contribution in [2.24, 2.45) is 0 Å². The van der Waals surface area contributed by atoms with Crippen molar-refractivity contribution in [1.82, 2.24) is 4.90 Å². The lowest BCUT2D eigenvalue weighted by atomic mass is 9.81. The Morgan fingerprint density at radius 1 is 0.963 bits per heavy atom. The van der Waals surface area contributed by atoms with E-state index >= 15 is 0 Å². The molecule has 2 aliphatic heterocycles. The van der Waals surface area contributed by atoms with Crippen LogP contribution in [0.5, 0.6) is 11.5 Å². The number of ether oxygens (including phenoxy) is 2. The van der Waals surface area contributed by atoms with Gasteiger partial charge in [-0.2, -0.15) is 0 Å². The molecule has 0 bridgehead atoms. The molecule has 2 aromatic carbocycles. The number of benzene rings is 2. The summed E-state index contributed by atoms with van der Waals surface area (Å²) in [5, 5.41) is 0. The highest BCUT2D eigenvalue weighted by atomic mass is 32.2. The van der Waals surface area contributed by atoms with Crippen LogP contribution in [0.3, 0.4) is 0 Å². The van der Waals surface area contributed by atoms with E-state index in [0.717, 1.165) is 37.4 Å². The van der Waals surface area contributed by atoms with Gasteiger partial charge in [0.2, 0.25) is 0 Å². The van der Waals surface area contributed by atoms with E-state index in [1.165, 1.54) is 21.6 Å². The molecule has 2 aliphatic rings. The van der Waals surface area contributed by atoms with Crippen molar-refractivity contribution >= 4 is 17.3 Å². The Morgan fingerprint density at radius 2 is 1.67 bits per heavy atom. The van der Waals surface area contributed by atoms with Gasteiger partial charge in [-0.05, 0) is 61.7 Å². The first-order valence-electron chi connectivity index (χ1n) is 9.49. The lowest BCUT2D eigenvalue weighted by Gasteiger charge is -2.32. The quantitative estimate of drug-likeness (QED) is 0.728. The summed E-state index contributed by atoms with van der Waals surface area (Å²) in [7, 11) is 5.61. The second-order valence-corrected chi connectivity index (χ2v) is 8.94. The van der Waals surface area contributed by atoms with Crippen LogP contribution in [-0.4, -0.2) is 39.3 Å². The standard InChI is InChI=1S/C23H27NO2S/c1-23(17-9-10-19(25-3)20(15-17)26-4)22(16-11-13-24(2)14-12-16)18-7-5-6-8-21(18)27-23/h5-10,15H,11-14H2,1-4H3. The third-order valence-corrected chi connectivity index (χ3v) is 7.25. The maximum atomic E-state index is 5.60. The Hall–Kier alpha value is -1.91. The van der Waals surface area contributed by atoms with E-state index in [2.05, 4.69) is 55.3 Å². The fourth-order valence-electron chi connectivity index (χ4n) is 4.29. The largest absolute Gasteiger partial charge is 0.493 e. The molecule has 0 radical (unpaired) electrons. The minimum atomic E-state index is -0.117. The van der Waals surface area contributed by atoms with E-state index < -0.39 is 0 Å². The summed E-state index contributed by atoms with van der Waals surface area (Å²) in [5.41, 5.74) is 5.77. The van der Waals surface area contributed by atoms with Crippen molar-refractivity contribution in [3.05, 3.63) is 59.2 Å². The van der Waals surface area contributed by atoms with Crippen LogP contribution < -0.4 is 9.47 Å². The molecule has 2 aromatic rings. The Labute approximate surface area is 166 Å². The van der Waals surface area contributed by atoms with Crippen molar-refractivity contribution in [3.63, 3.8) is 0 Å². The molecule has 4 rings (SSSR count). The molecule has 1 unspecified atom stereocenters. The van der Waals surface area contributed by atoms with Gasteiger partial charge in [0.25, 0.3) is 0 Å². The van der Waals surface area contributed by atoms with Gasteiger partial charge in [0.1, 0.15) is 0 Å². The van der Waals surface area contributed by atoms with Gasteiger partial charge in [0.15, 0.2) is 11.5 Å². The minimum Gasteiger partial charge on any atom is -0.493 e. The van der Waals surface area contributed by atoms with Gasteiger partial charge in [-0.1, -0.05) is 29.8 Å². The van der Waals surface area contributed by atoms with Gasteiger partial charge in [0, 0.05) is 18.0 Å². The number of piperidine rings is 1. The fraction of sp³-hybridized carbons (Fsp3) is 0.391. The molecule has 0 aromatic heterocycles. The first-order chi connectivity index (χ1) is 13.1. The first kappa shape index (κ1) is 18.5. The van der Waals surface area contributed by atoms with E-state index in [-0.39, 0.29) is 4.75 Å². The van der Waals surface area contributed by atoms with Crippen LogP contribution in [0.4, 0.5) is 0 Å². The summed E-state index contributed by atoms with van der Waals surface area (Å²) in [6.45, 7) is 4.63. The molecule has 27 heavy (non-hydrogen) atoms. The Kier molecular flexibility index (Phi) is 4.95. The van der Waals surface area contributed by atoms with Crippen LogP contribution >= 0.6 is 11.8 Å². The highest BCUT2D eigenvalue weighted by Gasteiger charge is 2.42. The monoisotopic (exact) mass is 381 g/mol. The van der Waals surface area contributed by atoms with Gasteiger partial charge in [0.05, 0.1) is 19.0 Å². The molecular formula is C23H27NO2S. The van der Waals surface area contributed by atoms with Crippen LogP contribution in [-0.2, 0) is 4.75 Å². The number of thioether (sulfide) groups is 1. The van der Waals surface area contributed by atoms with Crippen LogP contribution in [0.2, 0.25) is 0 Å². The number of nitrogens with zero attached hydrogens (tertiary/aromatic N) is 1. The Morgan fingerprint density at radius 3 is 2.37 bits per heavy atom. The highest BCUT2D eigenvalue weighted by molar-refractivity contribution is 8.01. The fourth-order valence-corrected chi connectivity index (χ4v) is 5.76. The molecule has 0 aliphatic carbocycles. The van der Waals surface area contributed by atoms with E-state index in [1.807, 2.05) is 17.8 Å². The van der Waals surface area contributed by atoms with Gasteiger partial charge in [-0.15, -0.1) is 11.8 Å². The molecule has 142 valence electrons. The maximum Gasteiger partial charge on any atom is 0.161 e. The van der Waals surface area contributed by atoms with E-state index in [4.69, 9.17) is 9.47 Å². The predicted molar refractivity (Wildman–Crippen MR) is 113 cm³/mol. The smallest absolute Gasteiger partial charge is 0.161 e. The van der Waals surface area contributed by atoms with Crippen molar-refractivity contribution < 1.29 is 9.47 Å². The van der Waals surface area contributed by atoms with Gasteiger partial charge >= 0.3 is 0 Å². The number of hydrogen-bond donors (Lipinski definition) is 0.